The van der Waals surface area contributed by atoms with Gasteiger partial charge in [0.2, 0.25) is 11.8 Å². The standard InChI is InChI=1S/C20H21N11O5/c1-28-6-5-21-13(28)17(33)25-12-9-31(4)20(26-12)27-16(32)10-7-29(2)14(22-10)18(34)24-11-8-30(3)15(23-11)19(35)36/h5-9H,1-4H3,(H,24,34)(H,25,33)(H,35,36)(H,26,27,32). The van der Waals surface area contributed by atoms with Gasteiger partial charge in [-0.3, -0.25) is 19.7 Å². The number of imidazole rings is 4. The number of anilines is 3. The molecule has 3 amide bonds. The molecule has 0 aliphatic carbocycles. The minimum absolute atomic E-state index is 0.0158. The van der Waals surface area contributed by atoms with E-state index in [1.165, 1.54) is 52.6 Å². The molecule has 186 valence electrons. The number of carboxylic acids is 1. The lowest BCUT2D eigenvalue weighted by Crippen LogP contribution is -2.18. The highest BCUT2D eigenvalue weighted by Gasteiger charge is 2.22. The maximum absolute atomic E-state index is 12.7. The summed E-state index contributed by atoms with van der Waals surface area (Å²) in [6, 6.07) is 0. The number of nitrogens with zero attached hydrogens (tertiary/aromatic N) is 8. The Morgan fingerprint density at radius 2 is 1.31 bits per heavy atom. The van der Waals surface area contributed by atoms with Crippen LogP contribution in [0.4, 0.5) is 17.6 Å². The number of carboxylic acid groups (broad SMARTS) is 1. The highest BCUT2D eigenvalue weighted by atomic mass is 16.4. The molecule has 0 radical (unpaired) electrons. The third-order valence-electron chi connectivity index (χ3n) is 4.99. The predicted octanol–water partition coefficient (Wildman–Crippen LogP) is 0.0757. The molecular weight excluding hydrogens is 474 g/mol. The smallest absolute Gasteiger partial charge is 0.372 e. The van der Waals surface area contributed by atoms with E-state index in [0.717, 1.165) is 0 Å². The van der Waals surface area contributed by atoms with Gasteiger partial charge in [0, 0.05) is 59.2 Å². The number of aromatic nitrogens is 8. The van der Waals surface area contributed by atoms with Gasteiger partial charge in [-0.25, -0.2) is 19.7 Å². The normalized spacial score (nSPS) is 10.8. The second-order valence-electron chi connectivity index (χ2n) is 7.71. The van der Waals surface area contributed by atoms with Crippen molar-refractivity contribution >= 4 is 41.3 Å². The van der Waals surface area contributed by atoms with Gasteiger partial charge in [-0.2, -0.15) is 4.98 Å². The topological polar surface area (TPSA) is 196 Å². The van der Waals surface area contributed by atoms with E-state index in [1.807, 2.05) is 0 Å². The summed E-state index contributed by atoms with van der Waals surface area (Å²) in [6.45, 7) is 0. The van der Waals surface area contributed by atoms with Gasteiger partial charge in [-0.1, -0.05) is 0 Å². The lowest BCUT2D eigenvalue weighted by molar-refractivity contribution is 0.0679. The molecular formula is C20H21N11O5. The molecule has 0 aliphatic heterocycles. The van der Waals surface area contributed by atoms with E-state index in [2.05, 4.69) is 35.9 Å². The Morgan fingerprint density at radius 3 is 1.92 bits per heavy atom. The zero-order chi connectivity index (χ0) is 26.1. The molecule has 0 fully saturated rings. The number of hydrogen-bond acceptors (Lipinski definition) is 8. The number of hydrogen-bond donors (Lipinski definition) is 4. The van der Waals surface area contributed by atoms with E-state index >= 15 is 0 Å². The molecule has 4 rings (SSSR count). The first-order valence-corrected chi connectivity index (χ1v) is 10.3. The molecule has 16 heteroatoms. The van der Waals surface area contributed by atoms with Gasteiger partial charge in [-0.05, 0) is 0 Å². The van der Waals surface area contributed by atoms with Gasteiger partial charge >= 0.3 is 5.97 Å². The zero-order valence-corrected chi connectivity index (χ0v) is 19.5. The summed E-state index contributed by atoms with van der Waals surface area (Å²) in [5.74, 6) is -2.89. The number of aromatic carboxylic acids is 1. The second kappa shape index (κ2) is 9.16. The lowest BCUT2D eigenvalue weighted by atomic mass is 10.4. The van der Waals surface area contributed by atoms with Crippen LogP contribution in [0.3, 0.4) is 0 Å². The van der Waals surface area contributed by atoms with Crippen LogP contribution in [0.25, 0.3) is 0 Å². The van der Waals surface area contributed by atoms with Gasteiger partial charge in [0.25, 0.3) is 17.7 Å². The first-order valence-electron chi connectivity index (χ1n) is 10.3. The van der Waals surface area contributed by atoms with Crippen molar-refractivity contribution in [1.82, 2.24) is 38.2 Å². The Bertz CT molecular complexity index is 1510. The molecule has 36 heavy (non-hydrogen) atoms. The van der Waals surface area contributed by atoms with Crippen LogP contribution in [0, 0.1) is 0 Å². The Morgan fingerprint density at radius 1 is 0.694 bits per heavy atom. The third kappa shape index (κ3) is 4.67. The molecule has 0 aliphatic rings. The molecule has 0 spiro atoms. The molecule has 4 N–H and O–H groups in total. The first kappa shape index (κ1) is 23.9. The Balaban J connectivity index is 1.44. The molecule has 0 unspecified atom stereocenters. The van der Waals surface area contributed by atoms with E-state index in [1.54, 1.807) is 24.9 Å². The average Bonchev–Trinajstić information content (AvgIpc) is 3.56. The number of nitrogens with one attached hydrogen (secondary N) is 3. The van der Waals surface area contributed by atoms with Crippen LogP contribution in [0.1, 0.15) is 42.3 Å². The number of carbonyl (C=O) groups excluding carboxylic acids is 3. The monoisotopic (exact) mass is 495 g/mol. The second-order valence-corrected chi connectivity index (χ2v) is 7.71. The van der Waals surface area contributed by atoms with Crippen LogP contribution in [0.2, 0.25) is 0 Å². The number of amides is 3. The van der Waals surface area contributed by atoms with Crippen LogP contribution in [-0.4, -0.2) is 67.0 Å². The molecule has 4 aromatic rings. The number of rotatable bonds is 7. The van der Waals surface area contributed by atoms with E-state index in [4.69, 9.17) is 5.11 Å². The van der Waals surface area contributed by atoms with E-state index in [0.29, 0.717) is 0 Å². The Hall–Kier alpha value is -5.28. The van der Waals surface area contributed by atoms with Crippen molar-refractivity contribution in [2.24, 2.45) is 28.2 Å². The number of aryl methyl sites for hydroxylation is 4. The SMILES string of the molecule is Cn1cc(NC(=O)c2nccn2C)nc1NC(=O)c1cn(C)c(C(=O)Nc2cn(C)c(C(=O)O)n2)n1. The lowest BCUT2D eigenvalue weighted by Gasteiger charge is -2.02. The average molecular weight is 495 g/mol. The summed E-state index contributed by atoms with van der Waals surface area (Å²) >= 11 is 0. The van der Waals surface area contributed by atoms with E-state index in [-0.39, 0.29) is 40.8 Å². The van der Waals surface area contributed by atoms with Crippen molar-refractivity contribution in [3.8, 4) is 0 Å². The third-order valence-corrected chi connectivity index (χ3v) is 4.99. The molecule has 0 atom stereocenters. The predicted molar refractivity (Wildman–Crippen MR) is 124 cm³/mol. The minimum Gasteiger partial charge on any atom is -0.475 e. The van der Waals surface area contributed by atoms with Gasteiger partial charge in [-0.15, -0.1) is 0 Å². The first-order chi connectivity index (χ1) is 17.0. The zero-order valence-electron chi connectivity index (χ0n) is 19.5. The summed E-state index contributed by atoms with van der Waals surface area (Å²) < 4.78 is 5.62. The van der Waals surface area contributed by atoms with Crippen molar-refractivity contribution in [3.63, 3.8) is 0 Å². The largest absolute Gasteiger partial charge is 0.475 e. The maximum atomic E-state index is 12.7. The highest BCUT2D eigenvalue weighted by molar-refractivity contribution is 6.06. The Kier molecular flexibility index (Phi) is 6.07. The van der Waals surface area contributed by atoms with Gasteiger partial charge in [0.05, 0.1) is 0 Å². The van der Waals surface area contributed by atoms with Crippen LogP contribution in [-0.2, 0) is 28.2 Å². The van der Waals surface area contributed by atoms with E-state index in [9.17, 15) is 19.2 Å². The molecule has 0 saturated carbocycles. The highest BCUT2D eigenvalue weighted by Crippen LogP contribution is 2.15. The summed E-state index contributed by atoms with van der Waals surface area (Å²) in [5.41, 5.74) is -0.0727. The van der Waals surface area contributed by atoms with Crippen molar-refractivity contribution < 1.29 is 24.3 Å². The van der Waals surface area contributed by atoms with Crippen LogP contribution >= 0.6 is 0 Å². The minimum atomic E-state index is -1.25. The summed E-state index contributed by atoms with van der Waals surface area (Å²) in [4.78, 5) is 64.9. The summed E-state index contributed by atoms with van der Waals surface area (Å²) in [5, 5.41) is 16.7. The van der Waals surface area contributed by atoms with Crippen LogP contribution in [0.5, 0.6) is 0 Å². The molecule has 0 aromatic carbocycles. The van der Waals surface area contributed by atoms with E-state index < -0.39 is 23.7 Å². The van der Waals surface area contributed by atoms with Gasteiger partial charge in [0.1, 0.15) is 5.69 Å². The number of carbonyl (C=O) groups is 4. The van der Waals surface area contributed by atoms with Crippen molar-refractivity contribution in [1.29, 1.82) is 0 Å². The molecule has 16 nitrogen and oxygen atoms in total. The summed E-state index contributed by atoms with van der Waals surface area (Å²) in [7, 11) is 6.29. The van der Waals surface area contributed by atoms with Crippen LogP contribution in [0.15, 0.2) is 31.0 Å². The fourth-order valence-corrected chi connectivity index (χ4v) is 3.25. The molecule has 4 heterocycles. The molecule has 4 aromatic heterocycles. The van der Waals surface area contributed by atoms with Gasteiger partial charge in [0.15, 0.2) is 23.3 Å². The maximum Gasteiger partial charge on any atom is 0.372 e. The molecule has 0 saturated heterocycles. The van der Waals surface area contributed by atoms with Crippen LogP contribution < -0.4 is 16.0 Å². The van der Waals surface area contributed by atoms with Crippen molar-refractivity contribution in [2.45, 2.75) is 0 Å². The quantitative estimate of drug-likeness (QED) is 0.274. The molecule has 0 bridgehead atoms. The summed E-state index contributed by atoms with van der Waals surface area (Å²) in [6.07, 6.45) is 7.31. The van der Waals surface area contributed by atoms with Crippen molar-refractivity contribution in [3.05, 3.63) is 54.2 Å². The fourth-order valence-electron chi connectivity index (χ4n) is 3.25. The van der Waals surface area contributed by atoms with Crippen molar-refractivity contribution in [2.75, 3.05) is 16.0 Å². The van der Waals surface area contributed by atoms with Gasteiger partial charge < -0.3 is 34.0 Å². The fraction of sp³-hybridized carbons (Fsp3) is 0.200. The Labute approximate surface area is 202 Å².